The van der Waals surface area contributed by atoms with E-state index < -0.39 is 0 Å². The number of rotatable bonds is 7. The molecular formula is C16H27NO. The molecule has 0 aliphatic heterocycles. The first-order valence-electron chi connectivity index (χ1n) is 7.10. The molecule has 0 aliphatic carbocycles. The first kappa shape index (κ1) is 15.0. The van der Waals surface area contributed by atoms with E-state index >= 15 is 0 Å². The maximum Gasteiger partial charge on any atom is 0.124 e. The van der Waals surface area contributed by atoms with E-state index in [1.54, 1.807) is 0 Å². The SMILES string of the molecule is CCNC(c1cc(C)ccc1OCC)C(C)CC. The van der Waals surface area contributed by atoms with Crippen molar-refractivity contribution in [2.24, 2.45) is 5.92 Å². The van der Waals surface area contributed by atoms with Gasteiger partial charge < -0.3 is 10.1 Å². The van der Waals surface area contributed by atoms with Crippen LogP contribution in [0.2, 0.25) is 0 Å². The van der Waals surface area contributed by atoms with Crippen LogP contribution < -0.4 is 10.1 Å². The Kier molecular flexibility index (Phi) is 6.20. The molecule has 0 spiro atoms. The van der Waals surface area contributed by atoms with Gasteiger partial charge in [-0.15, -0.1) is 0 Å². The third-order valence-electron chi connectivity index (χ3n) is 3.44. The van der Waals surface area contributed by atoms with Crippen molar-refractivity contribution in [2.75, 3.05) is 13.2 Å². The molecule has 0 aromatic heterocycles. The molecule has 1 aromatic carbocycles. The average molecular weight is 249 g/mol. The standard InChI is InChI=1S/C16H27NO/c1-6-13(5)16(17-7-2)14-11-12(4)9-10-15(14)18-8-3/h9-11,13,16-17H,6-8H2,1-5H3. The van der Waals surface area contributed by atoms with Crippen LogP contribution in [0.3, 0.4) is 0 Å². The number of ether oxygens (including phenoxy) is 1. The molecule has 2 atom stereocenters. The smallest absolute Gasteiger partial charge is 0.124 e. The molecule has 2 heteroatoms. The minimum atomic E-state index is 0.376. The summed E-state index contributed by atoms with van der Waals surface area (Å²) in [6.07, 6.45) is 1.16. The fourth-order valence-corrected chi connectivity index (χ4v) is 2.27. The van der Waals surface area contributed by atoms with Gasteiger partial charge in [0.2, 0.25) is 0 Å². The summed E-state index contributed by atoms with van der Waals surface area (Å²) in [6, 6.07) is 6.85. The van der Waals surface area contributed by atoms with Gasteiger partial charge >= 0.3 is 0 Å². The number of hydrogen-bond donors (Lipinski definition) is 1. The van der Waals surface area contributed by atoms with Crippen LogP contribution in [0, 0.1) is 12.8 Å². The maximum absolute atomic E-state index is 5.77. The highest BCUT2D eigenvalue weighted by atomic mass is 16.5. The lowest BCUT2D eigenvalue weighted by Gasteiger charge is -2.26. The second kappa shape index (κ2) is 7.42. The summed E-state index contributed by atoms with van der Waals surface area (Å²) in [5.74, 6) is 1.63. The fourth-order valence-electron chi connectivity index (χ4n) is 2.27. The van der Waals surface area contributed by atoms with Gasteiger partial charge in [0, 0.05) is 11.6 Å². The second-order valence-corrected chi connectivity index (χ2v) is 4.90. The Morgan fingerprint density at radius 3 is 2.50 bits per heavy atom. The molecule has 2 unspecified atom stereocenters. The summed E-state index contributed by atoms with van der Waals surface area (Å²) in [4.78, 5) is 0. The highest BCUT2D eigenvalue weighted by molar-refractivity contribution is 5.39. The van der Waals surface area contributed by atoms with E-state index in [1.165, 1.54) is 11.1 Å². The Morgan fingerprint density at radius 1 is 1.22 bits per heavy atom. The summed E-state index contributed by atoms with van der Waals surface area (Å²) in [6.45, 7) is 12.6. The molecule has 2 nitrogen and oxygen atoms in total. The summed E-state index contributed by atoms with van der Waals surface area (Å²) in [5, 5.41) is 3.60. The van der Waals surface area contributed by atoms with E-state index in [0.717, 1.165) is 25.3 Å². The van der Waals surface area contributed by atoms with Crippen molar-refractivity contribution in [1.29, 1.82) is 0 Å². The molecule has 0 saturated heterocycles. The quantitative estimate of drug-likeness (QED) is 0.786. The van der Waals surface area contributed by atoms with Gasteiger partial charge in [-0.2, -0.15) is 0 Å². The van der Waals surface area contributed by atoms with Crippen LogP contribution in [-0.2, 0) is 0 Å². The molecule has 1 rings (SSSR count). The maximum atomic E-state index is 5.77. The Morgan fingerprint density at radius 2 is 1.94 bits per heavy atom. The van der Waals surface area contributed by atoms with Crippen molar-refractivity contribution in [2.45, 2.75) is 47.1 Å². The number of hydrogen-bond acceptors (Lipinski definition) is 2. The Bertz CT molecular complexity index is 362. The summed E-state index contributed by atoms with van der Waals surface area (Å²) in [5.41, 5.74) is 2.59. The van der Waals surface area contributed by atoms with Crippen LogP contribution in [-0.4, -0.2) is 13.2 Å². The van der Waals surface area contributed by atoms with Crippen molar-refractivity contribution < 1.29 is 4.74 Å². The minimum absolute atomic E-state index is 0.376. The molecule has 0 heterocycles. The Hall–Kier alpha value is -1.02. The van der Waals surface area contributed by atoms with E-state index in [0.29, 0.717) is 12.0 Å². The highest BCUT2D eigenvalue weighted by Gasteiger charge is 2.20. The van der Waals surface area contributed by atoms with Crippen LogP contribution in [0.1, 0.15) is 51.3 Å². The third-order valence-corrected chi connectivity index (χ3v) is 3.44. The van der Waals surface area contributed by atoms with Crippen molar-refractivity contribution >= 4 is 0 Å². The van der Waals surface area contributed by atoms with Crippen LogP contribution >= 0.6 is 0 Å². The Balaban J connectivity index is 3.11. The van der Waals surface area contributed by atoms with Crippen molar-refractivity contribution in [3.05, 3.63) is 29.3 Å². The largest absolute Gasteiger partial charge is 0.494 e. The lowest BCUT2D eigenvalue weighted by molar-refractivity contribution is 0.317. The lowest BCUT2D eigenvalue weighted by Crippen LogP contribution is -2.27. The van der Waals surface area contributed by atoms with E-state index in [2.05, 4.69) is 51.2 Å². The third kappa shape index (κ3) is 3.74. The molecule has 102 valence electrons. The molecule has 1 aromatic rings. The summed E-state index contributed by atoms with van der Waals surface area (Å²) >= 11 is 0. The van der Waals surface area contributed by atoms with Crippen molar-refractivity contribution in [3.63, 3.8) is 0 Å². The van der Waals surface area contributed by atoms with Crippen LogP contribution in [0.25, 0.3) is 0 Å². The van der Waals surface area contributed by atoms with Gasteiger partial charge in [-0.05, 0) is 32.4 Å². The summed E-state index contributed by atoms with van der Waals surface area (Å²) in [7, 11) is 0. The van der Waals surface area contributed by atoms with Crippen molar-refractivity contribution in [3.8, 4) is 5.75 Å². The molecule has 0 saturated carbocycles. The highest BCUT2D eigenvalue weighted by Crippen LogP contribution is 2.32. The molecule has 0 aliphatic rings. The normalized spacial score (nSPS) is 14.3. The molecule has 0 radical (unpaired) electrons. The van der Waals surface area contributed by atoms with Crippen molar-refractivity contribution in [1.82, 2.24) is 5.32 Å². The average Bonchev–Trinajstić information content (AvgIpc) is 2.37. The van der Waals surface area contributed by atoms with Gasteiger partial charge in [0.05, 0.1) is 6.61 Å². The Labute approximate surface area is 112 Å². The zero-order valence-electron chi connectivity index (χ0n) is 12.4. The predicted octanol–water partition coefficient (Wildman–Crippen LogP) is 4.09. The van der Waals surface area contributed by atoms with Crippen LogP contribution in [0.15, 0.2) is 18.2 Å². The number of nitrogens with one attached hydrogen (secondary N) is 1. The summed E-state index contributed by atoms with van der Waals surface area (Å²) < 4.78 is 5.77. The van der Waals surface area contributed by atoms with Gasteiger partial charge in [-0.1, -0.05) is 44.9 Å². The zero-order valence-corrected chi connectivity index (χ0v) is 12.4. The molecule has 0 amide bonds. The van der Waals surface area contributed by atoms with Crippen LogP contribution in [0.5, 0.6) is 5.75 Å². The lowest BCUT2D eigenvalue weighted by atomic mass is 9.91. The number of benzene rings is 1. The molecule has 0 bridgehead atoms. The molecule has 18 heavy (non-hydrogen) atoms. The topological polar surface area (TPSA) is 21.3 Å². The first-order valence-corrected chi connectivity index (χ1v) is 7.10. The van der Waals surface area contributed by atoms with E-state index in [9.17, 15) is 0 Å². The predicted molar refractivity (Wildman–Crippen MR) is 78.2 cm³/mol. The van der Waals surface area contributed by atoms with Gasteiger partial charge in [-0.3, -0.25) is 0 Å². The van der Waals surface area contributed by atoms with Gasteiger partial charge in [-0.25, -0.2) is 0 Å². The van der Waals surface area contributed by atoms with E-state index in [-0.39, 0.29) is 0 Å². The minimum Gasteiger partial charge on any atom is -0.494 e. The van der Waals surface area contributed by atoms with Crippen LogP contribution in [0.4, 0.5) is 0 Å². The van der Waals surface area contributed by atoms with E-state index in [4.69, 9.17) is 4.74 Å². The van der Waals surface area contributed by atoms with Gasteiger partial charge in [0.1, 0.15) is 5.75 Å². The van der Waals surface area contributed by atoms with E-state index in [1.807, 2.05) is 6.92 Å². The fraction of sp³-hybridized carbons (Fsp3) is 0.625. The zero-order chi connectivity index (χ0) is 13.5. The second-order valence-electron chi connectivity index (χ2n) is 4.90. The molecule has 1 N–H and O–H groups in total. The molecular weight excluding hydrogens is 222 g/mol. The number of aryl methyl sites for hydroxylation is 1. The van der Waals surface area contributed by atoms with Gasteiger partial charge in [0.15, 0.2) is 0 Å². The first-order chi connectivity index (χ1) is 8.63. The molecule has 0 fully saturated rings. The van der Waals surface area contributed by atoms with Gasteiger partial charge in [0.25, 0.3) is 0 Å². The monoisotopic (exact) mass is 249 g/mol.